The number of carbonyl (C=O) groups is 1. The van der Waals surface area contributed by atoms with Crippen molar-refractivity contribution in [2.24, 2.45) is 0 Å². The van der Waals surface area contributed by atoms with E-state index < -0.39 is 17.5 Å². The fourth-order valence-electron chi connectivity index (χ4n) is 1.61. The molecule has 0 aliphatic carbocycles. The molecule has 0 heterocycles. The van der Waals surface area contributed by atoms with Gasteiger partial charge in [0, 0.05) is 16.2 Å². The van der Waals surface area contributed by atoms with Crippen LogP contribution in [0.3, 0.4) is 0 Å². The second-order valence-electron chi connectivity index (χ2n) is 3.93. The van der Waals surface area contributed by atoms with Crippen LogP contribution in [0.5, 0.6) is 5.75 Å². The van der Waals surface area contributed by atoms with E-state index in [1.807, 2.05) is 0 Å². The first-order valence-corrected chi connectivity index (χ1v) is 6.40. The van der Waals surface area contributed by atoms with Crippen LogP contribution >= 0.6 is 15.9 Å². The summed E-state index contributed by atoms with van der Waals surface area (Å²) in [6, 6.07) is 7.96. The highest BCUT2D eigenvalue weighted by molar-refractivity contribution is 9.10. The molecule has 0 spiro atoms. The molecule has 0 fully saturated rings. The van der Waals surface area contributed by atoms with Crippen LogP contribution in [0.2, 0.25) is 0 Å². The fraction of sp³-hybridized carbons (Fsp3) is 0.0714. The van der Waals surface area contributed by atoms with Crippen LogP contribution in [0.1, 0.15) is 10.4 Å². The number of carbonyl (C=O) groups excluding carboxylic acids is 1. The normalized spacial score (nSPS) is 10.2. The molecule has 2 aromatic carbocycles. The Hall–Kier alpha value is -1.95. The third-order valence-corrected chi connectivity index (χ3v) is 3.08. The van der Waals surface area contributed by atoms with Crippen molar-refractivity contribution >= 4 is 27.5 Å². The molecule has 0 unspecified atom stereocenters. The molecule has 1 amide bonds. The fourth-order valence-corrected chi connectivity index (χ4v) is 1.94. The van der Waals surface area contributed by atoms with Crippen LogP contribution in [0.25, 0.3) is 0 Å². The number of nitrogens with one attached hydrogen (secondary N) is 1. The van der Waals surface area contributed by atoms with E-state index in [2.05, 4.69) is 21.2 Å². The summed E-state index contributed by atoms with van der Waals surface area (Å²) in [6.45, 7) is 0. The van der Waals surface area contributed by atoms with E-state index in [0.29, 0.717) is 10.2 Å². The molecule has 0 bridgehead atoms. The van der Waals surface area contributed by atoms with E-state index in [0.717, 1.165) is 6.07 Å². The first-order chi connectivity index (χ1) is 9.51. The SMILES string of the molecule is COc1cc(NC(=O)c2ccc(Br)cc2F)ccc1F. The second kappa shape index (κ2) is 6.00. The van der Waals surface area contributed by atoms with E-state index in [-0.39, 0.29) is 11.3 Å². The Morgan fingerprint density at radius 2 is 1.90 bits per heavy atom. The smallest absolute Gasteiger partial charge is 0.258 e. The number of hydrogen-bond donors (Lipinski definition) is 1. The molecular formula is C14H10BrF2NO2. The Balaban J connectivity index is 2.23. The number of amides is 1. The number of benzene rings is 2. The highest BCUT2D eigenvalue weighted by Crippen LogP contribution is 2.22. The summed E-state index contributed by atoms with van der Waals surface area (Å²) in [7, 11) is 1.32. The maximum Gasteiger partial charge on any atom is 0.258 e. The molecule has 2 rings (SSSR count). The topological polar surface area (TPSA) is 38.3 Å². The van der Waals surface area contributed by atoms with Gasteiger partial charge in [-0.15, -0.1) is 0 Å². The molecule has 20 heavy (non-hydrogen) atoms. The monoisotopic (exact) mass is 341 g/mol. The van der Waals surface area contributed by atoms with Gasteiger partial charge in [-0.1, -0.05) is 15.9 Å². The standard InChI is InChI=1S/C14H10BrF2NO2/c1-20-13-7-9(3-5-11(13)16)18-14(19)10-4-2-8(15)6-12(10)17/h2-7H,1H3,(H,18,19). The number of methoxy groups -OCH3 is 1. The van der Waals surface area contributed by atoms with Gasteiger partial charge in [0.25, 0.3) is 5.91 Å². The van der Waals surface area contributed by atoms with Crippen LogP contribution < -0.4 is 10.1 Å². The van der Waals surface area contributed by atoms with Gasteiger partial charge in [0.05, 0.1) is 12.7 Å². The van der Waals surface area contributed by atoms with Crippen molar-refractivity contribution < 1.29 is 18.3 Å². The van der Waals surface area contributed by atoms with E-state index >= 15 is 0 Å². The Labute approximate surface area is 122 Å². The number of hydrogen-bond acceptors (Lipinski definition) is 2. The zero-order valence-electron chi connectivity index (χ0n) is 10.4. The lowest BCUT2D eigenvalue weighted by Crippen LogP contribution is -2.13. The molecule has 0 saturated carbocycles. The minimum Gasteiger partial charge on any atom is -0.494 e. The Kier molecular flexibility index (Phi) is 4.34. The summed E-state index contributed by atoms with van der Waals surface area (Å²) in [6.07, 6.45) is 0. The van der Waals surface area contributed by atoms with Gasteiger partial charge in [-0.05, 0) is 30.3 Å². The molecule has 0 atom stereocenters. The predicted molar refractivity (Wildman–Crippen MR) is 75.0 cm³/mol. The number of ether oxygens (including phenoxy) is 1. The number of halogens is 3. The molecule has 3 nitrogen and oxygen atoms in total. The number of anilines is 1. The summed E-state index contributed by atoms with van der Waals surface area (Å²) in [5, 5.41) is 2.48. The highest BCUT2D eigenvalue weighted by atomic mass is 79.9. The van der Waals surface area contributed by atoms with E-state index in [1.165, 1.54) is 31.4 Å². The van der Waals surface area contributed by atoms with Crippen molar-refractivity contribution in [1.29, 1.82) is 0 Å². The van der Waals surface area contributed by atoms with Crippen molar-refractivity contribution in [2.45, 2.75) is 0 Å². The first-order valence-electron chi connectivity index (χ1n) is 5.61. The Morgan fingerprint density at radius 1 is 1.15 bits per heavy atom. The Morgan fingerprint density at radius 3 is 2.55 bits per heavy atom. The summed E-state index contributed by atoms with van der Waals surface area (Å²) in [5.74, 6) is -1.81. The molecular weight excluding hydrogens is 332 g/mol. The van der Waals surface area contributed by atoms with Gasteiger partial charge in [0.1, 0.15) is 5.82 Å². The van der Waals surface area contributed by atoms with Crippen LogP contribution in [0.15, 0.2) is 40.9 Å². The van der Waals surface area contributed by atoms with Crippen molar-refractivity contribution in [2.75, 3.05) is 12.4 Å². The lowest BCUT2D eigenvalue weighted by molar-refractivity contribution is 0.102. The molecule has 2 aromatic rings. The summed E-state index contributed by atoms with van der Waals surface area (Å²) in [5.41, 5.74) is 0.215. The van der Waals surface area contributed by atoms with Gasteiger partial charge in [-0.3, -0.25) is 4.79 Å². The minimum absolute atomic E-state index is 0.000854. The van der Waals surface area contributed by atoms with Gasteiger partial charge in [-0.25, -0.2) is 8.78 Å². The predicted octanol–water partition coefficient (Wildman–Crippen LogP) is 3.99. The summed E-state index contributed by atoms with van der Waals surface area (Å²) in [4.78, 5) is 11.9. The van der Waals surface area contributed by atoms with Crippen molar-refractivity contribution in [3.63, 3.8) is 0 Å². The van der Waals surface area contributed by atoms with E-state index in [9.17, 15) is 13.6 Å². The lowest BCUT2D eigenvalue weighted by Gasteiger charge is -2.08. The van der Waals surface area contributed by atoms with Crippen LogP contribution in [0.4, 0.5) is 14.5 Å². The van der Waals surface area contributed by atoms with Crippen molar-refractivity contribution in [3.05, 3.63) is 58.1 Å². The average Bonchev–Trinajstić information content (AvgIpc) is 2.40. The van der Waals surface area contributed by atoms with Crippen molar-refractivity contribution in [1.82, 2.24) is 0 Å². The van der Waals surface area contributed by atoms with Gasteiger partial charge >= 0.3 is 0 Å². The zero-order chi connectivity index (χ0) is 14.7. The van der Waals surface area contributed by atoms with Gasteiger partial charge in [0.15, 0.2) is 11.6 Å². The molecule has 104 valence electrons. The molecule has 6 heteroatoms. The minimum atomic E-state index is -0.647. The van der Waals surface area contributed by atoms with Gasteiger partial charge in [0.2, 0.25) is 0 Å². The summed E-state index contributed by atoms with van der Waals surface area (Å²) < 4.78 is 32.2. The third-order valence-electron chi connectivity index (χ3n) is 2.58. The van der Waals surface area contributed by atoms with E-state index in [4.69, 9.17) is 4.74 Å². The van der Waals surface area contributed by atoms with Gasteiger partial charge < -0.3 is 10.1 Å². The van der Waals surface area contributed by atoms with Crippen molar-refractivity contribution in [3.8, 4) is 5.75 Å². The largest absolute Gasteiger partial charge is 0.494 e. The number of rotatable bonds is 3. The molecule has 0 aliphatic heterocycles. The molecule has 0 radical (unpaired) electrons. The summed E-state index contributed by atoms with van der Waals surface area (Å²) >= 11 is 3.11. The van der Waals surface area contributed by atoms with Crippen LogP contribution in [-0.4, -0.2) is 13.0 Å². The maximum absolute atomic E-state index is 13.6. The zero-order valence-corrected chi connectivity index (χ0v) is 12.0. The Bertz CT molecular complexity index is 662. The molecule has 0 aromatic heterocycles. The maximum atomic E-state index is 13.6. The van der Waals surface area contributed by atoms with E-state index in [1.54, 1.807) is 6.07 Å². The quantitative estimate of drug-likeness (QED) is 0.916. The first kappa shape index (κ1) is 14.5. The second-order valence-corrected chi connectivity index (χ2v) is 4.84. The van der Waals surface area contributed by atoms with Crippen LogP contribution in [-0.2, 0) is 0 Å². The highest BCUT2D eigenvalue weighted by Gasteiger charge is 2.13. The van der Waals surface area contributed by atoms with Crippen LogP contribution in [0, 0.1) is 11.6 Å². The lowest BCUT2D eigenvalue weighted by atomic mass is 10.2. The average molecular weight is 342 g/mol. The third kappa shape index (κ3) is 3.14. The molecule has 0 saturated heterocycles. The van der Waals surface area contributed by atoms with Gasteiger partial charge in [-0.2, -0.15) is 0 Å². The molecule has 0 aliphatic rings. The molecule has 1 N–H and O–H groups in total.